The third-order valence-electron chi connectivity index (χ3n) is 5.32. The lowest BCUT2D eigenvalue weighted by molar-refractivity contribution is -0.151. The molecule has 9 heteroatoms. The van der Waals surface area contributed by atoms with Gasteiger partial charge in [0.2, 0.25) is 5.91 Å². The molecule has 1 N–H and O–H groups in total. The topological polar surface area (TPSA) is 96.0 Å². The van der Waals surface area contributed by atoms with E-state index in [1.165, 1.54) is 16.2 Å². The summed E-state index contributed by atoms with van der Waals surface area (Å²) in [6, 6.07) is 10.1. The molecule has 1 aliphatic rings. The Hall–Kier alpha value is -3.20. The number of rotatable bonds is 7. The molecule has 8 nitrogen and oxygen atoms in total. The normalized spacial score (nSPS) is 14.0. The van der Waals surface area contributed by atoms with Crippen LogP contribution in [0.15, 0.2) is 41.8 Å². The largest absolute Gasteiger partial charge is 0.466 e. The van der Waals surface area contributed by atoms with Crippen LogP contribution in [0, 0.1) is 5.92 Å². The first-order valence-electron chi connectivity index (χ1n) is 10.5. The molecule has 32 heavy (non-hydrogen) atoms. The van der Waals surface area contributed by atoms with Crippen LogP contribution in [0.25, 0.3) is 0 Å². The van der Waals surface area contributed by atoms with Crippen molar-refractivity contribution in [2.75, 3.05) is 38.6 Å². The summed E-state index contributed by atoms with van der Waals surface area (Å²) < 4.78 is 5.05. The van der Waals surface area contributed by atoms with E-state index in [4.69, 9.17) is 4.74 Å². The van der Waals surface area contributed by atoms with Crippen molar-refractivity contribution in [3.63, 3.8) is 0 Å². The van der Waals surface area contributed by atoms with Gasteiger partial charge < -0.3 is 19.9 Å². The zero-order valence-corrected chi connectivity index (χ0v) is 19.0. The number of amides is 3. The number of benzene rings is 1. The van der Waals surface area contributed by atoms with Gasteiger partial charge in [0.15, 0.2) is 0 Å². The van der Waals surface area contributed by atoms with Crippen LogP contribution in [0.2, 0.25) is 0 Å². The Labute approximate surface area is 191 Å². The molecule has 0 atom stereocenters. The van der Waals surface area contributed by atoms with Crippen molar-refractivity contribution in [3.05, 3.63) is 52.2 Å². The highest BCUT2D eigenvalue weighted by Crippen LogP contribution is 2.19. The number of hydrogen-bond donors (Lipinski definition) is 1. The second-order valence-electron chi connectivity index (χ2n) is 7.58. The molecule has 1 aromatic carbocycles. The molecule has 0 bridgehead atoms. The van der Waals surface area contributed by atoms with Crippen molar-refractivity contribution < 1.29 is 23.9 Å². The van der Waals surface area contributed by atoms with Crippen molar-refractivity contribution in [2.45, 2.75) is 19.8 Å². The highest BCUT2D eigenvalue weighted by molar-refractivity contribution is 7.12. The lowest BCUT2D eigenvalue weighted by Gasteiger charge is -2.32. The highest BCUT2D eigenvalue weighted by Gasteiger charge is 2.29. The third-order valence-corrected chi connectivity index (χ3v) is 6.19. The smallest absolute Gasteiger partial charge is 0.309 e. The van der Waals surface area contributed by atoms with E-state index >= 15 is 0 Å². The van der Waals surface area contributed by atoms with E-state index in [0.717, 1.165) is 0 Å². The highest BCUT2D eigenvalue weighted by atomic mass is 32.1. The number of esters is 1. The Morgan fingerprint density at radius 1 is 1.12 bits per heavy atom. The predicted molar refractivity (Wildman–Crippen MR) is 122 cm³/mol. The molecule has 0 radical (unpaired) electrons. The summed E-state index contributed by atoms with van der Waals surface area (Å²) in [6.07, 6.45) is 1.14. The number of thiophene rings is 1. The van der Waals surface area contributed by atoms with Crippen LogP contribution in [-0.4, -0.2) is 66.8 Å². The van der Waals surface area contributed by atoms with Crippen LogP contribution >= 0.6 is 11.3 Å². The summed E-state index contributed by atoms with van der Waals surface area (Å²) in [7, 11) is 1.58. The van der Waals surface area contributed by atoms with Crippen LogP contribution in [0.3, 0.4) is 0 Å². The van der Waals surface area contributed by atoms with Gasteiger partial charge in [-0.15, -0.1) is 11.3 Å². The van der Waals surface area contributed by atoms with Gasteiger partial charge in [-0.25, -0.2) is 0 Å². The molecular weight excluding hydrogens is 430 g/mol. The Bertz CT molecular complexity index is 951. The fourth-order valence-corrected chi connectivity index (χ4v) is 4.14. The molecule has 0 aliphatic carbocycles. The van der Waals surface area contributed by atoms with Gasteiger partial charge in [0.05, 0.1) is 23.9 Å². The number of piperidine rings is 1. The van der Waals surface area contributed by atoms with Gasteiger partial charge >= 0.3 is 5.97 Å². The minimum Gasteiger partial charge on any atom is -0.466 e. The number of likely N-dealkylation sites (tertiary alicyclic amines) is 1. The molecule has 0 unspecified atom stereocenters. The Morgan fingerprint density at radius 3 is 2.41 bits per heavy atom. The van der Waals surface area contributed by atoms with Gasteiger partial charge in [-0.05, 0) is 55.5 Å². The quantitative estimate of drug-likeness (QED) is 0.645. The molecule has 0 saturated carbocycles. The second-order valence-corrected chi connectivity index (χ2v) is 8.52. The first-order valence-corrected chi connectivity index (χ1v) is 11.4. The molecule has 3 amide bonds. The summed E-state index contributed by atoms with van der Waals surface area (Å²) in [5.41, 5.74) is 1.01. The molecule has 2 heterocycles. The molecular formula is C23H27N3O5S. The van der Waals surface area contributed by atoms with Gasteiger partial charge in [-0.2, -0.15) is 0 Å². The zero-order chi connectivity index (χ0) is 23.1. The maximum atomic E-state index is 12.7. The first-order chi connectivity index (χ1) is 15.4. The maximum Gasteiger partial charge on any atom is 0.309 e. The molecule has 1 saturated heterocycles. The first kappa shape index (κ1) is 23.5. The fourth-order valence-electron chi connectivity index (χ4n) is 3.52. The molecule has 3 rings (SSSR count). The molecule has 0 spiro atoms. The molecule has 1 fully saturated rings. The standard InChI is InChI=1S/C23H27N3O5S/c1-3-31-23(30)17-10-12-26(13-11-17)20(27)15-25(2)22(29)16-6-8-18(9-7-16)24-21(28)19-5-4-14-32-19/h4-9,14,17H,3,10-13,15H2,1-2H3,(H,24,28). The lowest BCUT2D eigenvalue weighted by Crippen LogP contribution is -2.45. The van der Waals surface area contributed by atoms with Gasteiger partial charge in [0.1, 0.15) is 0 Å². The number of likely N-dealkylation sites (N-methyl/N-ethyl adjacent to an activating group) is 1. The summed E-state index contributed by atoms with van der Waals surface area (Å²) in [5.74, 6) is -1.01. The third kappa shape index (κ3) is 5.94. The van der Waals surface area contributed by atoms with Gasteiger partial charge in [-0.1, -0.05) is 6.07 Å². The Morgan fingerprint density at radius 2 is 1.81 bits per heavy atom. The monoisotopic (exact) mass is 457 g/mol. The van der Waals surface area contributed by atoms with Crippen LogP contribution < -0.4 is 5.32 Å². The number of nitrogens with one attached hydrogen (secondary N) is 1. The number of anilines is 1. The number of nitrogens with zero attached hydrogens (tertiary/aromatic N) is 2. The minimum atomic E-state index is -0.282. The van der Waals surface area contributed by atoms with Crippen molar-refractivity contribution in [1.82, 2.24) is 9.80 Å². The van der Waals surface area contributed by atoms with Gasteiger partial charge in [-0.3, -0.25) is 19.2 Å². The van der Waals surface area contributed by atoms with Crippen molar-refractivity contribution >= 4 is 40.7 Å². The molecule has 170 valence electrons. The maximum absolute atomic E-state index is 12.7. The molecule has 2 aromatic rings. The van der Waals surface area contributed by atoms with Crippen molar-refractivity contribution in [3.8, 4) is 0 Å². The van der Waals surface area contributed by atoms with Gasteiger partial charge in [0, 0.05) is 31.4 Å². The number of carbonyl (C=O) groups is 4. The summed E-state index contributed by atoms with van der Waals surface area (Å²) in [6.45, 7) is 3.04. The Balaban J connectivity index is 1.49. The van der Waals surface area contributed by atoms with Crippen molar-refractivity contribution in [2.24, 2.45) is 5.92 Å². The van der Waals surface area contributed by atoms with Crippen LogP contribution in [0.4, 0.5) is 5.69 Å². The Kier molecular flexibility index (Phi) is 7.99. The van der Waals surface area contributed by atoms with E-state index in [1.807, 2.05) is 5.38 Å². The SMILES string of the molecule is CCOC(=O)C1CCN(C(=O)CN(C)C(=O)c2ccc(NC(=O)c3cccs3)cc2)CC1. The summed E-state index contributed by atoms with van der Waals surface area (Å²) in [5, 5.41) is 4.62. The van der Waals surface area contributed by atoms with E-state index in [2.05, 4.69) is 5.32 Å². The molecule has 1 aromatic heterocycles. The minimum absolute atomic E-state index is 0.0419. The molecule has 1 aliphatic heterocycles. The van der Waals surface area contributed by atoms with E-state index in [-0.39, 0.29) is 36.2 Å². The second kappa shape index (κ2) is 10.9. The average Bonchev–Trinajstić information content (AvgIpc) is 3.34. The van der Waals surface area contributed by atoms with Crippen LogP contribution in [0.5, 0.6) is 0 Å². The zero-order valence-electron chi connectivity index (χ0n) is 18.2. The van der Waals surface area contributed by atoms with Crippen LogP contribution in [0.1, 0.15) is 39.8 Å². The van der Waals surface area contributed by atoms with Crippen LogP contribution in [-0.2, 0) is 14.3 Å². The van der Waals surface area contributed by atoms with E-state index in [0.29, 0.717) is 48.7 Å². The lowest BCUT2D eigenvalue weighted by atomic mass is 9.97. The van der Waals surface area contributed by atoms with E-state index < -0.39 is 0 Å². The number of ether oxygens (including phenoxy) is 1. The number of hydrogen-bond acceptors (Lipinski definition) is 6. The van der Waals surface area contributed by atoms with E-state index in [1.54, 1.807) is 55.3 Å². The average molecular weight is 458 g/mol. The summed E-state index contributed by atoms with van der Waals surface area (Å²) >= 11 is 1.35. The number of carbonyl (C=O) groups excluding carboxylic acids is 4. The van der Waals surface area contributed by atoms with Gasteiger partial charge in [0.25, 0.3) is 11.8 Å². The predicted octanol–water partition coefficient (Wildman–Crippen LogP) is 2.87. The van der Waals surface area contributed by atoms with Crippen molar-refractivity contribution in [1.29, 1.82) is 0 Å². The van der Waals surface area contributed by atoms with E-state index in [9.17, 15) is 19.2 Å². The fraction of sp³-hybridized carbons (Fsp3) is 0.391. The summed E-state index contributed by atoms with van der Waals surface area (Å²) in [4.78, 5) is 52.9.